The van der Waals surface area contributed by atoms with Gasteiger partial charge in [-0.1, -0.05) is 30.3 Å². The fraction of sp³-hybridized carbons (Fsp3) is 0.455. The lowest BCUT2D eigenvalue weighted by Crippen LogP contribution is -2.57. The topological polar surface area (TPSA) is 199 Å². The van der Waals surface area contributed by atoms with E-state index in [1.807, 2.05) is 6.07 Å². The average molecular weight is 508 g/mol. The van der Waals surface area contributed by atoms with Gasteiger partial charge in [-0.05, 0) is 26.3 Å². The SMILES string of the molecule is CCOC(=O)[C@@H]1O[C@@H]1C(=O)N(CC(N)=O)NC(=O)[C@H](C)NC(=O)[C@H](C)NC(=O)OCc1ccccc1. The van der Waals surface area contributed by atoms with Gasteiger partial charge in [0.2, 0.25) is 11.8 Å². The van der Waals surface area contributed by atoms with Crippen molar-refractivity contribution >= 4 is 35.7 Å². The van der Waals surface area contributed by atoms with E-state index in [1.54, 1.807) is 31.2 Å². The normalized spacial score (nSPS) is 17.5. The largest absolute Gasteiger partial charge is 0.464 e. The van der Waals surface area contributed by atoms with Crippen molar-refractivity contribution in [2.24, 2.45) is 5.73 Å². The summed E-state index contributed by atoms with van der Waals surface area (Å²) >= 11 is 0. The number of carbonyl (C=O) groups excluding carboxylic acids is 6. The third-order valence-electron chi connectivity index (χ3n) is 4.77. The lowest BCUT2D eigenvalue weighted by molar-refractivity contribution is -0.146. The highest BCUT2D eigenvalue weighted by atomic mass is 16.6. The third-order valence-corrected chi connectivity index (χ3v) is 4.77. The van der Waals surface area contributed by atoms with E-state index in [1.165, 1.54) is 13.8 Å². The van der Waals surface area contributed by atoms with Crippen LogP contribution in [0.1, 0.15) is 26.3 Å². The summed E-state index contributed by atoms with van der Waals surface area (Å²) in [4.78, 5) is 72.4. The van der Waals surface area contributed by atoms with E-state index in [9.17, 15) is 28.8 Å². The number of nitrogens with two attached hydrogens (primary N) is 1. The van der Waals surface area contributed by atoms with Crippen LogP contribution in [0, 0.1) is 0 Å². The molecular weight excluding hydrogens is 478 g/mol. The fourth-order valence-electron chi connectivity index (χ4n) is 2.83. The van der Waals surface area contributed by atoms with Crippen LogP contribution in [0.25, 0.3) is 0 Å². The molecule has 0 unspecified atom stereocenters. The second-order valence-corrected chi connectivity index (χ2v) is 7.75. The van der Waals surface area contributed by atoms with Crippen LogP contribution in [-0.2, 0) is 44.8 Å². The monoisotopic (exact) mass is 507 g/mol. The molecule has 0 spiro atoms. The molecule has 1 aromatic rings. The fourth-order valence-corrected chi connectivity index (χ4v) is 2.83. The zero-order valence-electron chi connectivity index (χ0n) is 20.0. The Bertz CT molecular complexity index is 987. The van der Waals surface area contributed by atoms with Crippen molar-refractivity contribution < 1.29 is 43.0 Å². The molecule has 0 aromatic heterocycles. The highest BCUT2D eigenvalue weighted by molar-refractivity contribution is 5.96. The molecule has 1 aliphatic rings. The number of primary amides is 1. The van der Waals surface area contributed by atoms with Crippen LogP contribution < -0.4 is 21.8 Å². The van der Waals surface area contributed by atoms with Gasteiger partial charge in [0.1, 0.15) is 25.2 Å². The molecule has 1 aliphatic heterocycles. The summed E-state index contributed by atoms with van der Waals surface area (Å²) in [5.74, 6) is -4.18. The number of nitrogens with one attached hydrogen (secondary N) is 3. The standard InChI is InChI=1S/C22H29N5O9/c1-4-34-21(32)17-16(36-17)20(31)27(10-15(23)28)26-19(30)13(3)24-18(29)12(2)25-22(33)35-11-14-8-6-5-7-9-14/h5-9,12-13,16-17H,4,10-11H2,1-3H3,(H2,23,28)(H,24,29)(H,25,33)(H,26,30)/t12-,13-,16-,17+/m0/s1. The second kappa shape index (κ2) is 13.0. The highest BCUT2D eigenvalue weighted by Gasteiger charge is 2.53. The average Bonchev–Trinajstić information content (AvgIpc) is 3.63. The Kier molecular flexibility index (Phi) is 10.2. The molecule has 14 nitrogen and oxygen atoms in total. The first-order valence-corrected chi connectivity index (χ1v) is 11.0. The lowest BCUT2D eigenvalue weighted by Gasteiger charge is -2.24. The molecule has 1 saturated heterocycles. The van der Waals surface area contributed by atoms with Crippen LogP contribution in [-0.4, -0.2) is 78.1 Å². The van der Waals surface area contributed by atoms with Crippen molar-refractivity contribution in [3.8, 4) is 0 Å². The minimum absolute atomic E-state index is 0.00524. The number of alkyl carbamates (subject to hydrolysis) is 1. The van der Waals surface area contributed by atoms with Crippen LogP contribution in [0.3, 0.4) is 0 Å². The molecule has 14 heteroatoms. The minimum Gasteiger partial charge on any atom is -0.464 e. The molecule has 5 amide bonds. The van der Waals surface area contributed by atoms with Crippen molar-refractivity contribution in [2.75, 3.05) is 13.2 Å². The van der Waals surface area contributed by atoms with E-state index in [0.29, 0.717) is 5.01 Å². The van der Waals surface area contributed by atoms with Crippen LogP contribution >= 0.6 is 0 Å². The number of epoxide rings is 1. The number of nitrogens with zero attached hydrogens (tertiary/aromatic N) is 1. The Balaban J connectivity index is 1.85. The van der Waals surface area contributed by atoms with Gasteiger partial charge in [0.05, 0.1) is 6.61 Å². The van der Waals surface area contributed by atoms with Gasteiger partial charge < -0.3 is 30.6 Å². The predicted molar refractivity (Wildman–Crippen MR) is 121 cm³/mol. The Hall–Kier alpha value is -4.20. The number of ether oxygens (including phenoxy) is 3. The van der Waals surface area contributed by atoms with E-state index < -0.39 is 66.5 Å². The zero-order valence-corrected chi connectivity index (χ0v) is 20.0. The minimum atomic E-state index is -1.25. The van der Waals surface area contributed by atoms with E-state index in [0.717, 1.165) is 5.56 Å². The maximum atomic E-state index is 12.6. The van der Waals surface area contributed by atoms with Crippen LogP contribution in [0.15, 0.2) is 30.3 Å². The quantitative estimate of drug-likeness (QED) is 0.156. The van der Waals surface area contributed by atoms with Gasteiger partial charge in [0.15, 0.2) is 12.2 Å². The molecule has 0 bridgehead atoms. The Labute approximate surface area is 206 Å². The summed E-state index contributed by atoms with van der Waals surface area (Å²) in [7, 11) is 0. The number of benzene rings is 1. The van der Waals surface area contributed by atoms with Gasteiger partial charge in [-0.3, -0.25) is 24.6 Å². The van der Waals surface area contributed by atoms with E-state index in [-0.39, 0.29) is 13.2 Å². The smallest absolute Gasteiger partial charge is 0.408 e. The molecule has 0 aliphatic carbocycles. The second-order valence-electron chi connectivity index (χ2n) is 7.75. The van der Waals surface area contributed by atoms with Gasteiger partial charge in [-0.25, -0.2) is 14.6 Å². The molecule has 1 fully saturated rings. The number of hydrazine groups is 1. The predicted octanol–water partition coefficient (Wildman–Crippen LogP) is -1.52. The summed E-state index contributed by atoms with van der Waals surface area (Å²) < 4.78 is 14.8. The van der Waals surface area contributed by atoms with Crippen LogP contribution in [0.5, 0.6) is 0 Å². The molecule has 2 rings (SSSR count). The highest BCUT2D eigenvalue weighted by Crippen LogP contribution is 2.25. The Morgan fingerprint density at radius 2 is 1.61 bits per heavy atom. The Morgan fingerprint density at radius 1 is 0.972 bits per heavy atom. The molecular formula is C22H29N5O9. The van der Waals surface area contributed by atoms with Crippen LogP contribution in [0.2, 0.25) is 0 Å². The first kappa shape index (κ1) is 28.0. The molecule has 4 atom stereocenters. The zero-order chi connectivity index (χ0) is 26.8. The number of amides is 5. The van der Waals surface area contributed by atoms with E-state index >= 15 is 0 Å². The van der Waals surface area contributed by atoms with Crippen molar-refractivity contribution in [1.29, 1.82) is 0 Å². The molecule has 1 heterocycles. The summed E-state index contributed by atoms with van der Waals surface area (Å²) in [6, 6.07) is 6.67. The molecule has 0 saturated carbocycles. The number of esters is 1. The molecule has 0 radical (unpaired) electrons. The number of carbonyl (C=O) groups is 6. The van der Waals surface area contributed by atoms with Gasteiger partial charge in [0, 0.05) is 0 Å². The lowest BCUT2D eigenvalue weighted by atomic mass is 10.2. The van der Waals surface area contributed by atoms with Crippen molar-refractivity contribution in [2.45, 2.75) is 51.7 Å². The van der Waals surface area contributed by atoms with E-state index in [4.69, 9.17) is 19.9 Å². The number of hydrogen-bond donors (Lipinski definition) is 4. The van der Waals surface area contributed by atoms with E-state index in [2.05, 4.69) is 16.1 Å². The van der Waals surface area contributed by atoms with Gasteiger partial charge in [-0.15, -0.1) is 0 Å². The summed E-state index contributed by atoms with van der Waals surface area (Å²) in [6.45, 7) is 3.66. The van der Waals surface area contributed by atoms with Crippen molar-refractivity contribution in [1.82, 2.24) is 21.1 Å². The summed E-state index contributed by atoms with van der Waals surface area (Å²) in [5, 5.41) is 5.30. The first-order chi connectivity index (χ1) is 17.0. The van der Waals surface area contributed by atoms with Gasteiger partial charge in [-0.2, -0.15) is 0 Å². The number of rotatable bonds is 11. The molecule has 5 N–H and O–H groups in total. The molecule has 1 aromatic carbocycles. The van der Waals surface area contributed by atoms with Crippen molar-refractivity contribution in [3.63, 3.8) is 0 Å². The summed E-state index contributed by atoms with van der Waals surface area (Å²) in [6.07, 6.45) is -3.24. The molecule has 36 heavy (non-hydrogen) atoms. The maximum Gasteiger partial charge on any atom is 0.408 e. The first-order valence-electron chi connectivity index (χ1n) is 11.0. The van der Waals surface area contributed by atoms with Crippen LogP contribution in [0.4, 0.5) is 4.79 Å². The number of hydrogen-bond acceptors (Lipinski definition) is 9. The van der Waals surface area contributed by atoms with Gasteiger partial charge in [0.25, 0.3) is 11.8 Å². The third kappa shape index (κ3) is 8.54. The maximum absolute atomic E-state index is 12.6. The van der Waals surface area contributed by atoms with Crippen molar-refractivity contribution in [3.05, 3.63) is 35.9 Å². The van der Waals surface area contributed by atoms with Gasteiger partial charge >= 0.3 is 12.1 Å². The Morgan fingerprint density at radius 3 is 2.22 bits per heavy atom. The molecule has 196 valence electrons. The summed E-state index contributed by atoms with van der Waals surface area (Å²) in [5.41, 5.74) is 8.06.